The van der Waals surface area contributed by atoms with Crippen molar-refractivity contribution >= 4 is 40.4 Å². The van der Waals surface area contributed by atoms with Crippen LogP contribution in [-0.2, 0) is 0 Å². The lowest BCUT2D eigenvalue weighted by Crippen LogP contribution is -2.71. The molecule has 2 aliphatic rings. The summed E-state index contributed by atoms with van der Waals surface area (Å²) in [4.78, 5) is 10.8. The predicted molar refractivity (Wildman–Crippen MR) is 148 cm³/mol. The van der Waals surface area contributed by atoms with E-state index < -0.39 is 6.10 Å². The molecule has 0 aliphatic carbocycles. The fourth-order valence-electron chi connectivity index (χ4n) is 4.94. The third-order valence-electron chi connectivity index (χ3n) is 7.13. The van der Waals surface area contributed by atoms with Gasteiger partial charge in [0.2, 0.25) is 0 Å². The molecule has 9 nitrogen and oxygen atoms in total. The molecule has 0 radical (unpaired) electrons. The van der Waals surface area contributed by atoms with Crippen molar-refractivity contribution < 1.29 is 9.47 Å². The van der Waals surface area contributed by atoms with Gasteiger partial charge in [0.05, 0.1) is 34.1 Å². The van der Waals surface area contributed by atoms with Crippen LogP contribution in [0.25, 0.3) is 0 Å². The fourth-order valence-corrected chi connectivity index (χ4v) is 5.59. The summed E-state index contributed by atoms with van der Waals surface area (Å²) in [7, 11) is 1.51. The number of halogens is 2. The van der Waals surface area contributed by atoms with Gasteiger partial charge in [0.1, 0.15) is 18.0 Å². The van der Waals surface area contributed by atoms with Gasteiger partial charge < -0.3 is 25.4 Å². The standard InChI is InChI=1S/C27H27Cl2N7O2/c1-14-24(29)23(19(28)9-34-14)15(2)38-22-5-18(20(31)6-21(22)37-3)25(32)17-4-16(7-30)26(35-8-17)36-12-27(13-36)10-33-11-27/h4-6,8-9,15,32-33H,10-13,31H2,1-3H3/t15-/m1/s1. The van der Waals surface area contributed by atoms with Gasteiger partial charge in [-0.25, -0.2) is 4.98 Å². The van der Waals surface area contributed by atoms with Crippen molar-refractivity contribution in [2.24, 2.45) is 5.41 Å². The number of hydrogen-bond acceptors (Lipinski definition) is 9. The smallest absolute Gasteiger partial charge is 0.162 e. The molecule has 2 saturated heterocycles. The summed E-state index contributed by atoms with van der Waals surface area (Å²) < 4.78 is 11.7. The predicted octanol–water partition coefficient (Wildman–Crippen LogP) is 4.52. The number of benzene rings is 1. The van der Waals surface area contributed by atoms with Crippen LogP contribution >= 0.6 is 23.2 Å². The molecule has 2 aliphatic heterocycles. The molecule has 4 heterocycles. The van der Waals surface area contributed by atoms with E-state index in [1.807, 2.05) is 6.92 Å². The first-order chi connectivity index (χ1) is 18.2. The van der Waals surface area contributed by atoms with E-state index in [2.05, 4.69) is 26.3 Å². The molecule has 0 amide bonds. The maximum Gasteiger partial charge on any atom is 0.162 e. The van der Waals surface area contributed by atoms with Gasteiger partial charge in [0, 0.05) is 72.4 Å². The van der Waals surface area contributed by atoms with Crippen LogP contribution in [-0.4, -0.2) is 49.0 Å². The zero-order valence-corrected chi connectivity index (χ0v) is 22.7. The lowest BCUT2D eigenvalue weighted by molar-refractivity contribution is 0.120. The molecule has 196 valence electrons. The van der Waals surface area contributed by atoms with Crippen molar-refractivity contribution in [2.45, 2.75) is 20.0 Å². The highest BCUT2D eigenvalue weighted by Crippen LogP contribution is 2.40. The van der Waals surface area contributed by atoms with Crippen LogP contribution in [0.4, 0.5) is 11.5 Å². The number of aryl methyl sites for hydroxylation is 1. The number of nitrogen functional groups attached to an aromatic ring is 1. The number of nitrogens with one attached hydrogen (secondary N) is 2. The SMILES string of the molecule is COc1cc(N)c(C(=N)c2cnc(N3CC4(CNC4)C3)c(C#N)c2)cc1O[C@H](C)c1c(Cl)cnc(C)c1Cl. The summed E-state index contributed by atoms with van der Waals surface area (Å²) in [6.45, 7) is 7.33. The quantitative estimate of drug-likeness (QED) is 0.288. The Labute approximate surface area is 231 Å². The van der Waals surface area contributed by atoms with Crippen LogP contribution in [0, 0.1) is 29.1 Å². The van der Waals surface area contributed by atoms with Crippen LogP contribution in [0.2, 0.25) is 10.0 Å². The zero-order valence-electron chi connectivity index (χ0n) is 21.2. The second kappa shape index (κ2) is 9.95. The average molecular weight is 552 g/mol. The Morgan fingerprint density at radius 2 is 1.95 bits per heavy atom. The second-order valence-corrected chi connectivity index (χ2v) is 10.6. The van der Waals surface area contributed by atoms with Gasteiger partial charge in [-0.3, -0.25) is 10.4 Å². The van der Waals surface area contributed by atoms with Crippen LogP contribution in [0.1, 0.15) is 41.0 Å². The summed E-state index contributed by atoms with van der Waals surface area (Å²) in [6.07, 6.45) is 2.59. The molecule has 3 aromatic rings. The van der Waals surface area contributed by atoms with E-state index >= 15 is 0 Å². The van der Waals surface area contributed by atoms with E-state index in [0.29, 0.717) is 66.4 Å². The Bertz CT molecular complexity index is 1480. The van der Waals surface area contributed by atoms with Crippen molar-refractivity contribution in [1.82, 2.24) is 15.3 Å². The largest absolute Gasteiger partial charge is 0.493 e. The topological polar surface area (TPSA) is 133 Å². The molecule has 5 rings (SSSR count). The fraction of sp³-hybridized carbons (Fsp3) is 0.333. The minimum Gasteiger partial charge on any atom is -0.493 e. The lowest BCUT2D eigenvalue weighted by atomic mass is 9.74. The molecule has 2 aromatic heterocycles. The van der Waals surface area contributed by atoms with Gasteiger partial charge in [0.25, 0.3) is 0 Å². The molecule has 4 N–H and O–H groups in total. The Morgan fingerprint density at radius 3 is 2.58 bits per heavy atom. The number of nitrogens with two attached hydrogens (primary N) is 1. The number of hydrogen-bond donors (Lipinski definition) is 3. The average Bonchev–Trinajstić information content (AvgIpc) is 2.85. The third kappa shape index (κ3) is 4.49. The summed E-state index contributed by atoms with van der Waals surface area (Å²) in [6, 6.07) is 7.16. The third-order valence-corrected chi connectivity index (χ3v) is 7.90. The highest BCUT2D eigenvalue weighted by molar-refractivity contribution is 6.36. The Kier molecular flexibility index (Phi) is 6.82. The highest BCUT2D eigenvalue weighted by atomic mass is 35.5. The van der Waals surface area contributed by atoms with E-state index in [0.717, 1.165) is 26.2 Å². The molecular formula is C27H27Cl2N7O2. The molecule has 1 atom stereocenters. The van der Waals surface area contributed by atoms with Crippen molar-refractivity contribution in [3.63, 3.8) is 0 Å². The second-order valence-electron chi connectivity index (χ2n) is 9.81. The first kappa shape index (κ1) is 26.0. The molecule has 1 spiro atoms. The van der Waals surface area contributed by atoms with E-state index in [4.69, 9.17) is 43.8 Å². The van der Waals surface area contributed by atoms with E-state index in [9.17, 15) is 5.26 Å². The number of anilines is 2. The van der Waals surface area contributed by atoms with E-state index in [1.165, 1.54) is 13.3 Å². The number of nitriles is 1. The van der Waals surface area contributed by atoms with E-state index in [1.54, 1.807) is 31.3 Å². The molecule has 2 fully saturated rings. The number of rotatable bonds is 7. The minimum atomic E-state index is -0.548. The first-order valence-electron chi connectivity index (χ1n) is 12.1. The molecule has 0 bridgehead atoms. The highest BCUT2D eigenvalue weighted by Gasteiger charge is 2.48. The Balaban J connectivity index is 1.44. The summed E-state index contributed by atoms with van der Waals surface area (Å²) >= 11 is 12.8. The van der Waals surface area contributed by atoms with Gasteiger partial charge in [-0.2, -0.15) is 5.26 Å². The Morgan fingerprint density at radius 1 is 1.21 bits per heavy atom. The van der Waals surface area contributed by atoms with Crippen LogP contribution in [0.5, 0.6) is 11.5 Å². The van der Waals surface area contributed by atoms with Crippen molar-refractivity contribution in [1.29, 1.82) is 10.7 Å². The number of aromatic nitrogens is 2. The van der Waals surface area contributed by atoms with Crippen LogP contribution < -0.4 is 25.4 Å². The van der Waals surface area contributed by atoms with Crippen molar-refractivity contribution in [3.05, 3.63) is 68.6 Å². The summed E-state index contributed by atoms with van der Waals surface area (Å²) in [5.74, 6) is 1.40. The normalized spacial score (nSPS) is 16.3. The maximum atomic E-state index is 9.82. The van der Waals surface area contributed by atoms with Gasteiger partial charge in [0.15, 0.2) is 11.5 Å². The van der Waals surface area contributed by atoms with Crippen LogP contribution in [0.3, 0.4) is 0 Å². The minimum absolute atomic E-state index is 0.109. The molecule has 0 saturated carbocycles. The molecule has 1 aromatic carbocycles. The first-order valence-corrected chi connectivity index (χ1v) is 12.8. The Hall–Kier alpha value is -3.58. The summed E-state index contributed by atoms with van der Waals surface area (Å²) in [5, 5.41) is 22.8. The van der Waals surface area contributed by atoms with Crippen molar-refractivity contribution in [2.75, 3.05) is 43.9 Å². The monoisotopic (exact) mass is 551 g/mol. The summed E-state index contributed by atoms with van der Waals surface area (Å²) in [5.41, 5.74) is 9.59. The van der Waals surface area contributed by atoms with Crippen molar-refractivity contribution in [3.8, 4) is 17.6 Å². The molecule has 0 unspecified atom stereocenters. The van der Waals surface area contributed by atoms with Gasteiger partial charge in [-0.15, -0.1) is 0 Å². The number of pyridine rings is 2. The lowest BCUT2D eigenvalue weighted by Gasteiger charge is -2.56. The van der Waals surface area contributed by atoms with E-state index in [-0.39, 0.29) is 5.71 Å². The number of methoxy groups -OCH3 is 1. The molecule has 38 heavy (non-hydrogen) atoms. The molecular weight excluding hydrogens is 525 g/mol. The maximum absolute atomic E-state index is 9.82. The number of nitrogens with zero attached hydrogens (tertiary/aromatic N) is 4. The zero-order chi connectivity index (χ0) is 27.2. The van der Waals surface area contributed by atoms with Crippen LogP contribution in [0.15, 0.2) is 30.6 Å². The van der Waals surface area contributed by atoms with Gasteiger partial charge in [-0.05, 0) is 26.0 Å². The van der Waals surface area contributed by atoms with Gasteiger partial charge >= 0.3 is 0 Å². The van der Waals surface area contributed by atoms with Gasteiger partial charge in [-0.1, -0.05) is 23.2 Å². The molecule has 11 heteroatoms. The number of ether oxygens (including phenoxy) is 2.